The van der Waals surface area contributed by atoms with Crippen molar-refractivity contribution < 1.29 is 12.3 Å². The normalized spacial score (nSPS) is 11.6. The van der Waals surface area contributed by atoms with Gasteiger partial charge in [-0.05, 0) is 24.1 Å². The molecule has 0 N–H and O–H groups in total. The molecule has 0 heterocycles. The van der Waals surface area contributed by atoms with Crippen molar-refractivity contribution in [3.8, 4) is 0 Å². The molecular weight excluding hydrogens is 215 g/mol. The van der Waals surface area contributed by atoms with Crippen LogP contribution in [0.4, 0.5) is 3.89 Å². The first kappa shape index (κ1) is 10.5. The summed E-state index contributed by atoms with van der Waals surface area (Å²) in [6, 6.07) is 4.79. The summed E-state index contributed by atoms with van der Waals surface area (Å²) >= 11 is 5.70. The van der Waals surface area contributed by atoms with E-state index in [1.807, 2.05) is 6.92 Å². The number of halogens is 2. The van der Waals surface area contributed by atoms with Gasteiger partial charge in [-0.15, -0.1) is 3.89 Å². The number of aryl methyl sites for hydroxylation is 1. The van der Waals surface area contributed by atoms with Crippen molar-refractivity contribution in [2.75, 3.05) is 0 Å². The van der Waals surface area contributed by atoms with E-state index in [9.17, 15) is 12.3 Å². The first-order valence-corrected chi connectivity index (χ1v) is 5.49. The molecule has 2 nitrogen and oxygen atoms in total. The third-order valence-corrected chi connectivity index (χ3v) is 2.54. The van der Waals surface area contributed by atoms with Crippen LogP contribution in [-0.4, -0.2) is 8.42 Å². The number of benzene rings is 1. The van der Waals surface area contributed by atoms with Crippen molar-refractivity contribution in [2.24, 2.45) is 0 Å². The van der Waals surface area contributed by atoms with E-state index in [0.29, 0.717) is 0 Å². The fourth-order valence-corrected chi connectivity index (χ4v) is 1.96. The molecule has 0 aliphatic rings. The van der Waals surface area contributed by atoms with E-state index in [0.717, 1.165) is 5.56 Å². The highest BCUT2D eigenvalue weighted by molar-refractivity contribution is 7.85. The molecule has 0 bridgehead atoms. The average molecular weight is 223 g/mol. The maximum absolute atomic E-state index is 12.3. The maximum atomic E-state index is 12.3. The Morgan fingerprint density at radius 3 is 2.54 bits per heavy atom. The summed E-state index contributed by atoms with van der Waals surface area (Å²) in [5, 5.41) is 0.279. The summed E-state index contributed by atoms with van der Waals surface area (Å²) in [6.45, 7) is 1.82. The molecule has 0 unspecified atom stereocenters. The lowest BCUT2D eigenvalue weighted by Gasteiger charge is -2.01. The van der Waals surface area contributed by atoms with Crippen LogP contribution in [0.1, 0.15) is 11.1 Å². The SMILES string of the molecule is Cc1ccc(CS(=O)(=O)F)c(Cl)c1. The Hall–Kier alpha value is -0.610. The lowest BCUT2D eigenvalue weighted by Crippen LogP contribution is -1.97. The van der Waals surface area contributed by atoms with Crippen LogP contribution in [0, 0.1) is 6.92 Å². The molecule has 0 aromatic heterocycles. The molecule has 0 saturated carbocycles. The van der Waals surface area contributed by atoms with Gasteiger partial charge in [0, 0.05) is 5.02 Å². The molecule has 0 fully saturated rings. The summed E-state index contributed by atoms with van der Waals surface area (Å²) in [4.78, 5) is 0. The van der Waals surface area contributed by atoms with Crippen LogP contribution in [-0.2, 0) is 16.0 Å². The van der Waals surface area contributed by atoms with Gasteiger partial charge in [0.05, 0.1) is 0 Å². The van der Waals surface area contributed by atoms with E-state index in [4.69, 9.17) is 11.6 Å². The Morgan fingerprint density at radius 1 is 1.46 bits per heavy atom. The number of hydrogen-bond acceptors (Lipinski definition) is 2. The largest absolute Gasteiger partial charge is 0.306 e. The fourth-order valence-electron chi connectivity index (χ4n) is 0.955. The van der Waals surface area contributed by atoms with Crippen molar-refractivity contribution in [3.05, 3.63) is 34.3 Å². The summed E-state index contributed by atoms with van der Waals surface area (Å²) in [5.74, 6) is -0.661. The van der Waals surface area contributed by atoms with Gasteiger partial charge in [-0.2, -0.15) is 8.42 Å². The second kappa shape index (κ2) is 3.64. The highest BCUT2D eigenvalue weighted by Crippen LogP contribution is 2.20. The highest BCUT2D eigenvalue weighted by atomic mass is 35.5. The molecule has 0 spiro atoms. The highest BCUT2D eigenvalue weighted by Gasteiger charge is 2.11. The summed E-state index contributed by atoms with van der Waals surface area (Å²) in [6.07, 6.45) is 0. The lowest BCUT2D eigenvalue weighted by molar-refractivity contribution is 0.551. The van der Waals surface area contributed by atoms with Crippen molar-refractivity contribution in [1.29, 1.82) is 0 Å². The van der Waals surface area contributed by atoms with E-state index in [1.54, 1.807) is 12.1 Å². The minimum Gasteiger partial charge on any atom is -0.194 e. The fraction of sp³-hybridized carbons (Fsp3) is 0.250. The van der Waals surface area contributed by atoms with Gasteiger partial charge in [0.2, 0.25) is 0 Å². The minimum absolute atomic E-state index is 0.279. The summed E-state index contributed by atoms with van der Waals surface area (Å²) in [7, 11) is -4.50. The van der Waals surface area contributed by atoms with E-state index >= 15 is 0 Å². The Balaban J connectivity index is 3.04. The van der Waals surface area contributed by atoms with Crippen LogP contribution in [0.3, 0.4) is 0 Å². The Morgan fingerprint density at radius 2 is 2.08 bits per heavy atom. The lowest BCUT2D eigenvalue weighted by atomic mass is 10.2. The van der Waals surface area contributed by atoms with Crippen molar-refractivity contribution >= 4 is 21.8 Å². The van der Waals surface area contributed by atoms with Gasteiger partial charge in [0.1, 0.15) is 5.75 Å². The molecule has 0 radical (unpaired) electrons. The molecule has 0 amide bonds. The van der Waals surface area contributed by atoms with Crippen LogP contribution < -0.4 is 0 Å². The quantitative estimate of drug-likeness (QED) is 0.721. The Kier molecular flexibility index (Phi) is 2.93. The van der Waals surface area contributed by atoms with Gasteiger partial charge in [0.25, 0.3) is 0 Å². The van der Waals surface area contributed by atoms with Gasteiger partial charge in [0.15, 0.2) is 0 Å². The van der Waals surface area contributed by atoms with Crippen LogP contribution in [0.15, 0.2) is 18.2 Å². The third kappa shape index (κ3) is 3.32. The van der Waals surface area contributed by atoms with E-state index in [1.165, 1.54) is 6.07 Å². The van der Waals surface area contributed by atoms with Crippen molar-refractivity contribution in [2.45, 2.75) is 12.7 Å². The number of hydrogen-bond donors (Lipinski definition) is 0. The third-order valence-electron chi connectivity index (χ3n) is 1.54. The summed E-state index contributed by atoms with van der Waals surface area (Å²) < 4.78 is 32.9. The molecule has 1 rings (SSSR count). The van der Waals surface area contributed by atoms with Crippen LogP contribution in [0.25, 0.3) is 0 Å². The molecule has 5 heteroatoms. The molecule has 0 aliphatic carbocycles. The number of rotatable bonds is 2. The molecule has 0 aliphatic heterocycles. The maximum Gasteiger partial charge on any atom is 0.306 e. The zero-order chi connectivity index (χ0) is 10.1. The molecule has 13 heavy (non-hydrogen) atoms. The van der Waals surface area contributed by atoms with Crippen LogP contribution in [0.2, 0.25) is 5.02 Å². The second-order valence-corrected chi connectivity index (χ2v) is 4.55. The topological polar surface area (TPSA) is 34.1 Å². The molecule has 72 valence electrons. The summed E-state index contributed by atoms with van der Waals surface area (Å²) in [5.41, 5.74) is 1.19. The Labute approximate surface area is 81.6 Å². The van der Waals surface area contributed by atoms with Crippen molar-refractivity contribution in [3.63, 3.8) is 0 Å². The van der Waals surface area contributed by atoms with Gasteiger partial charge in [-0.25, -0.2) is 0 Å². The average Bonchev–Trinajstić information content (AvgIpc) is 1.93. The Bertz CT molecular complexity index is 414. The van der Waals surface area contributed by atoms with E-state index in [2.05, 4.69) is 0 Å². The van der Waals surface area contributed by atoms with Gasteiger partial charge in [-0.3, -0.25) is 0 Å². The second-order valence-electron chi connectivity index (χ2n) is 2.78. The first-order chi connectivity index (χ1) is 5.88. The van der Waals surface area contributed by atoms with Crippen LogP contribution >= 0.6 is 11.6 Å². The van der Waals surface area contributed by atoms with E-state index in [-0.39, 0.29) is 10.6 Å². The molecular formula is C8H8ClFO2S. The minimum atomic E-state index is -4.50. The van der Waals surface area contributed by atoms with Gasteiger partial charge >= 0.3 is 10.2 Å². The molecule has 0 atom stereocenters. The zero-order valence-corrected chi connectivity index (χ0v) is 8.49. The van der Waals surface area contributed by atoms with Crippen molar-refractivity contribution in [1.82, 2.24) is 0 Å². The molecule has 0 saturated heterocycles. The first-order valence-electron chi connectivity index (χ1n) is 3.56. The molecule has 1 aromatic rings. The predicted octanol–water partition coefficient (Wildman–Crippen LogP) is 2.45. The van der Waals surface area contributed by atoms with Gasteiger partial charge in [-0.1, -0.05) is 23.7 Å². The predicted molar refractivity (Wildman–Crippen MR) is 49.9 cm³/mol. The van der Waals surface area contributed by atoms with Crippen LogP contribution in [0.5, 0.6) is 0 Å². The smallest absolute Gasteiger partial charge is 0.194 e. The zero-order valence-electron chi connectivity index (χ0n) is 6.92. The molecule has 1 aromatic carbocycles. The standard InChI is InChI=1S/C8H8ClFO2S/c1-6-2-3-7(8(9)4-6)5-13(10,11)12/h2-4H,5H2,1H3. The monoisotopic (exact) mass is 222 g/mol. The van der Waals surface area contributed by atoms with Gasteiger partial charge < -0.3 is 0 Å². The van der Waals surface area contributed by atoms with E-state index < -0.39 is 16.0 Å².